The number of carboxylic acids is 1. The molecule has 0 aliphatic carbocycles. The highest BCUT2D eigenvalue weighted by molar-refractivity contribution is 6.33. The van der Waals surface area contributed by atoms with E-state index in [-0.39, 0.29) is 21.8 Å². The van der Waals surface area contributed by atoms with Gasteiger partial charge in [0.1, 0.15) is 17.1 Å². The maximum atomic E-state index is 14.9. The summed E-state index contributed by atoms with van der Waals surface area (Å²) in [6, 6.07) is 6.99. The molecule has 4 rings (SSSR count). The van der Waals surface area contributed by atoms with E-state index >= 15 is 0 Å². The molecule has 0 saturated heterocycles. The third-order valence-corrected chi connectivity index (χ3v) is 4.27. The van der Waals surface area contributed by atoms with Crippen LogP contribution in [0, 0.1) is 11.8 Å². The van der Waals surface area contributed by atoms with Gasteiger partial charge in [-0.3, -0.25) is 4.98 Å². The van der Waals surface area contributed by atoms with Gasteiger partial charge in [0.05, 0.1) is 34.2 Å². The van der Waals surface area contributed by atoms with Gasteiger partial charge in [-0.05, 0) is 38.1 Å². The Bertz CT molecular complexity index is 1260. The fraction of sp³-hybridized carbons (Fsp3) is 0.143. The molecule has 3 aromatic heterocycles. The van der Waals surface area contributed by atoms with Gasteiger partial charge in [0.2, 0.25) is 11.9 Å². The molecule has 12 heteroatoms. The number of aromatic carboxylic acids is 1. The van der Waals surface area contributed by atoms with Crippen LogP contribution < -0.4 is 0 Å². The largest absolute Gasteiger partial charge is 0.477 e. The number of hydrogen-bond donors (Lipinski definition) is 1. The molecule has 3 heterocycles. The van der Waals surface area contributed by atoms with E-state index in [0.717, 1.165) is 30.8 Å². The predicted molar refractivity (Wildman–Crippen MR) is 110 cm³/mol. The fourth-order valence-corrected chi connectivity index (χ4v) is 2.96. The molecule has 0 atom stereocenters. The number of alkyl halides is 2. The van der Waals surface area contributed by atoms with Crippen LogP contribution in [0.3, 0.4) is 0 Å². The number of halogens is 5. The second-order valence-corrected chi connectivity index (χ2v) is 7.34. The molecule has 0 aliphatic heterocycles. The van der Waals surface area contributed by atoms with Crippen LogP contribution in [-0.4, -0.2) is 36.9 Å². The van der Waals surface area contributed by atoms with Crippen molar-refractivity contribution >= 4 is 17.6 Å². The van der Waals surface area contributed by atoms with Gasteiger partial charge in [-0.25, -0.2) is 22.6 Å². The second kappa shape index (κ2) is 9.41. The van der Waals surface area contributed by atoms with Gasteiger partial charge >= 0.3 is 5.97 Å². The number of pyridine rings is 1. The van der Waals surface area contributed by atoms with Crippen LogP contribution in [0.2, 0.25) is 5.02 Å². The third kappa shape index (κ3) is 5.37. The van der Waals surface area contributed by atoms with Crippen molar-refractivity contribution in [3.8, 4) is 28.3 Å². The van der Waals surface area contributed by atoms with E-state index in [1.165, 1.54) is 24.5 Å². The number of carboxylic acid groups (broad SMARTS) is 1. The molecular formula is C21H15ClF4N4O3. The predicted octanol–water partition coefficient (Wildman–Crippen LogP) is 5.88. The maximum Gasteiger partial charge on any atom is 0.342 e. The molecule has 1 N–H and O–H groups in total. The summed E-state index contributed by atoms with van der Waals surface area (Å²) in [6.07, 6.45) is 3.97. The van der Waals surface area contributed by atoms with E-state index in [1.807, 2.05) is 0 Å². The first kappa shape index (κ1) is 23.9. The Labute approximate surface area is 189 Å². The second-order valence-electron chi connectivity index (χ2n) is 6.94. The Morgan fingerprint density at radius 3 is 2.42 bits per heavy atom. The van der Waals surface area contributed by atoms with Crippen molar-refractivity contribution in [1.29, 1.82) is 0 Å². The average Bonchev–Trinajstić information content (AvgIpc) is 3.31. The Kier molecular flexibility index (Phi) is 6.82. The van der Waals surface area contributed by atoms with Crippen LogP contribution in [0.5, 0.6) is 0 Å². The summed E-state index contributed by atoms with van der Waals surface area (Å²) >= 11 is 6.00. The zero-order valence-electron chi connectivity index (χ0n) is 17.1. The van der Waals surface area contributed by atoms with Crippen molar-refractivity contribution in [3.05, 3.63) is 71.3 Å². The lowest BCUT2D eigenvalue weighted by molar-refractivity contribution is 0.0437. The normalized spacial score (nSPS) is 11.1. The van der Waals surface area contributed by atoms with Gasteiger partial charge in [0.15, 0.2) is 5.76 Å². The van der Waals surface area contributed by atoms with Crippen molar-refractivity contribution in [2.24, 2.45) is 0 Å². The Morgan fingerprint density at radius 1 is 1.15 bits per heavy atom. The van der Waals surface area contributed by atoms with Crippen LogP contribution in [0.15, 0.2) is 53.4 Å². The van der Waals surface area contributed by atoms with Crippen molar-refractivity contribution in [1.82, 2.24) is 19.9 Å². The molecule has 0 saturated carbocycles. The standard InChI is InChI=1S/C18H9ClF2N4O3.C3H6F2/c19-11-4-1-5-12(20)13(11)15-14(18(26)27)16(28-24-15)10-8-23-25(17(10)21)9-3-2-6-22-7-9;1-3(2,4)5/h1-8H,(H,26,27);1-2H3. The van der Waals surface area contributed by atoms with Gasteiger partial charge in [-0.1, -0.05) is 22.8 Å². The van der Waals surface area contributed by atoms with Crippen LogP contribution >= 0.6 is 11.6 Å². The van der Waals surface area contributed by atoms with Crippen LogP contribution in [0.1, 0.15) is 24.2 Å². The lowest BCUT2D eigenvalue weighted by Gasteiger charge is -2.03. The molecule has 0 amide bonds. The molecule has 0 aliphatic rings. The summed E-state index contributed by atoms with van der Waals surface area (Å²) in [7, 11) is 0. The molecular weight excluding hydrogens is 468 g/mol. The van der Waals surface area contributed by atoms with Crippen molar-refractivity contribution in [3.63, 3.8) is 0 Å². The molecule has 0 radical (unpaired) electrons. The molecule has 33 heavy (non-hydrogen) atoms. The van der Waals surface area contributed by atoms with Crippen LogP contribution in [0.25, 0.3) is 28.3 Å². The number of benzene rings is 1. The van der Waals surface area contributed by atoms with E-state index in [9.17, 15) is 27.5 Å². The number of aromatic nitrogens is 4. The summed E-state index contributed by atoms with van der Waals surface area (Å²) in [4.78, 5) is 15.7. The highest BCUT2D eigenvalue weighted by Gasteiger charge is 2.30. The highest BCUT2D eigenvalue weighted by Crippen LogP contribution is 2.37. The Balaban J connectivity index is 0.000000555. The summed E-state index contributed by atoms with van der Waals surface area (Å²) < 4.78 is 57.2. The van der Waals surface area contributed by atoms with E-state index in [2.05, 4.69) is 15.2 Å². The van der Waals surface area contributed by atoms with Gasteiger partial charge in [0.25, 0.3) is 0 Å². The minimum Gasteiger partial charge on any atom is -0.477 e. The first-order valence-corrected chi connectivity index (χ1v) is 9.56. The lowest BCUT2D eigenvalue weighted by atomic mass is 10.0. The topological polar surface area (TPSA) is 94.0 Å². The maximum absolute atomic E-state index is 14.9. The highest BCUT2D eigenvalue weighted by atomic mass is 35.5. The first-order chi connectivity index (χ1) is 15.5. The zero-order valence-corrected chi connectivity index (χ0v) is 17.8. The van der Waals surface area contributed by atoms with E-state index in [4.69, 9.17) is 16.1 Å². The molecule has 1 aromatic carbocycles. The summed E-state index contributed by atoms with van der Waals surface area (Å²) in [5, 5.41) is 17.1. The number of nitrogens with zero attached hydrogens (tertiary/aromatic N) is 4. The average molecular weight is 483 g/mol. The van der Waals surface area contributed by atoms with Gasteiger partial charge in [0, 0.05) is 6.20 Å². The summed E-state index contributed by atoms with van der Waals surface area (Å²) in [6.45, 7) is 1.71. The third-order valence-electron chi connectivity index (χ3n) is 3.95. The number of hydrogen-bond acceptors (Lipinski definition) is 5. The molecule has 7 nitrogen and oxygen atoms in total. The Morgan fingerprint density at radius 2 is 1.85 bits per heavy atom. The van der Waals surface area contributed by atoms with Gasteiger partial charge < -0.3 is 9.63 Å². The number of rotatable bonds is 4. The van der Waals surface area contributed by atoms with Crippen molar-refractivity contribution in [2.75, 3.05) is 0 Å². The molecule has 4 aromatic rings. The lowest BCUT2D eigenvalue weighted by Crippen LogP contribution is -2.02. The van der Waals surface area contributed by atoms with E-state index < -0.39 is 35.0 Å². The fourth-order valence-electron chi connectivity index (χ4n) is 2.71. The summed E-state index contributed by atoms with van der Waals surface area (Å²) in [5.74, 6) is -6.08. The Hall–Kier alpha value is -3.73. The van der Waals surface area contributed by atoms with E-state index in [1.54, 1.807) is 12.1 Å². The molecule has 172 valence electrons. The SMILES string of the molecule is CC(C)(F)F.O=C(O)c1c(-c2c(F)cccc2Cl)noc1-c1cnn(-c2cccnc2)c1F. The minimum atomic E-state index is -2.50. The zero-order chi connectivity index (χ0) is 24.3. The van der Waals surface area contributed by atoms with E-state index in [0.29, 0.717) is 5.69 Å². The van der Waals surface area contributed by atoms with Crippen molar-refractivity contribution < 1.29 is 32.0 Å². The molecule has 0 unspecified atom stereocenters. The summed E-state index contributed by atoms with van der Waals surface area (Å²) in [5.41, 5.74) is -1.07. The first-order valence-electron chi connectivity index (χ1n) is 9.18. The van der Waals surface area contributed by atoms with Crippen LogP contribution in [-0.2, 0) is 0 Å². The smallest absolute Gasteiger partial charge is 0.342 e. The van der Waals surface area contributed by atoms with Gasteiger partial charge in [-0.15, -0.1) is 0 Å². The molecule has 0 bridgehead atoms. The van der Waals surface area contributed by atoms with Crippen molar-refractivity contribution in [2.45, 2.75) is 19.8 Å². The molecule has 0 spiro atoms. The van der Waals surface area contributed by atoms with Gasteiger partial charge in [-0.2, -0.15) is 9.49 Å². The minimum absolute atomic E-state index is 0.0612. The number of carbonyl (C=O) groups is 1. The molecule has 0 fully saturated rings. The monoisotopic (exact) mass is 482 g/mol. The quantitative estimate of drug-likeness (QED) is 0.365. The van der Waals surface area contributed by atoms with Crippen LogP contribution in [0.4, 0.5) is 17.6 Å².